The minimum atomic E-state index is -0.479. The van der Waals surface area contributed by atoms with E-state index >= 15 is 0 Å². The quantitative estimate of drug-likeness (QED) is 0.477. The third-order valence-electron chi connectivity index (χ3n) is 3.13. The number of rotatable bonds is 6. The van der Waals surface area contributed by atoms with Crippen molar-refractivity contribution >= 4 is 35.1 Å². The van der Waals surface area contributed by atoms with Gasteiger partial charge in [0.15, 0.2) is 0 Å². The summed E-state index contributed by atoms with van der Waals surface area (Å²) in [5.41, 5.74) is 4.77. The Morgan fingerprint density at radius 3 is 2.62 bits per heavy atom. The van der Waals surface area contributed by atoms with Gasteiger partial charge in [0.2, 0.25) is 0 Å². The molecule has 8 heteroatoms. The number of benzene rings is 2. The third kappa shape index (κ3) is 5.06. The van der Waals surface area contributed by atoms with Crippen molar-refractivity contribution < 1.29 is 9.72 Å². The molecule has 0 aliphatic rings. The van der Waals surface area contributed by atoms with Crippen molar-refractivity contribution in [3.05, 3.63) is 68.7 Å². The van der Waals surface area contributed by atoms with Crippen molar-refractivity contribution in [2.24, 2.45) is 5.10 Å². The average molecular weight is 347 g/mol. The number of non-ortho nitro benzene ring substituents is 1. The summed E-state index contributed by atoms with van der Waals surface area (Å²) in [6.45, 7) is 1.94. The number of amides is 1. The molecule has 1 amide bonds. The van der Waals surface area contributed by atoms with Crippen molar-refractivity contribution in [1.29, 1.82) is 0 Å². The number of hydrazone groups is 1. The Bertz CT molecular complexity index is 775. The second-order valence-electron chi connectivity index (χ2n) is 4.95. The van der Waals surface area contributed by atoms with Crippen LogP contribution in [0.15, 0.2) is 47.6 Å². The maximum absolute atomic E-state index is 11.7. The van der Waals surface area contributed by atoms with E-state index in [-0.39, 0.29) is 18.1 Å². The Morgan fingerprint density at radius 2 is 2.00 bits per heavy atom. The maximum Gasteiger partial charge on any atom is 0.269 e. The first-order valence-electron chi connectivity index (χ1n) is 7.02. The normalized spacial score (nSPS) is 10.6. The van der Waals surface area contributed by atoms with Crippen LogP contribution < -0.4 is 10.7 Å². The number of nitro benzene ring substituents is 1. The largest absolute Gasteiger partial charge is 0.376 e. The number of nitrogens with zero attached hydrogens (tertiary/aromatic N) is 2. The van der Waals surface area contributed by atoms with Crippen LogP contribution in [-0.4, -0.2) is 23.6 Å². The molecule has 0 saturated heterocycles. The van der Waals surface area contributed by atoms with E-state index in [4.69, 9.17) is 11.6 Å². The van der Waals surface area contributed by atoms with Gasteiger partial charge >= 0.3 is 0 Å². The first-order chi connectivity index (χ1) is 11.5. The Balaban J connectivity index is 1.83. The molecule has 0 saturated carbocycles. The van der Waals surface area contributed by atoms with Crippen LogP contribution in [0.2, 0.25) is 5.02 Å². The van der Waals surface area contributed by atoms with E-state index in [1.165, 1.54) is 18.3 Å². The summed E-state index contributed by atoms with van der Waals surface area (Å²) in [7, 11) is 0. The minimum absolute atomic E-state index is 0.00119. The van der Waals surface area contributed by atoms with Crippen LogP contribution in [0.1, 0.15) is 11.1 Å². The SMILES string of the molecule is Cc1cc(Cl)ccc1NCC(=O)N/N=C\c1ccc([N+](=O)[O-])cc1. The molecule has 124 valence electrons. The van der Waals surface area contributed by atoms with E-state index in [1.54, 1.807) is 30.3 Å². The maximum atomic E-state index is 11.7. The fraction of sp³-hybridized carbons (Fsp3) is 0.125. The number of halogens is 1. The van der Waals surface area contributed by atoms with Gasteiger partial charge in [-0.1, -0.05) is 11.6 Å². The number of hydrogen-bond donors (Lipinski definition) is 2. The smallest absolute Gasteiger partial charge is 0.269 e. The van der Waals surface area contributed by atoms with Crippen LogP contribution in [0.5, 0.6) is 0 Å². The summed E-state index contributed by atoms with van der Waals surface area (Å²) in [6.07, 6.45) is 1.41. The lowest BCUT2D eigenvalue weighted by molar-refractivity contribution is -0.384. The molecular weight excluding hydrogens is 332 g/mol. The molecule has 0 fully saturated rings. The van der Waals surface area contributed by atoms with E-state index in [0.29, 0.717) is 10.6 Å². The molecule has 0 heterocycles. The lowest BCUT2D eigenvalue weighted by atomic mass is 10.2. The highest BCUT2D eigenvalue weighted by Gasteiger charge is 2.04. The number of aryl methyl sites for hydroxylation is 1. The van der Waals surface area contributed by atoms with Gasteiger partial charge in [0.1, 0.15) is 0 Å². The summed E-state index contributed by atoms with van der Waals surface area (Å²) >= 11 is 5.87. The zero-order valence-corrected chi connectivity index (χ0v) is 13.6. The molecular formula is C16H15ClN4O3. The number of anilines is 1. The van der Waals surface area contributed by atoms with E-state index in [1.807, 2.05) is 6.92 Å². The van der Waals surface area contributed by atoms with Crippen molar-refractivity contribution in [3.8, 4) is 0 Å². The van der Waals surface area contributed by atoms with Gasteiger partial charge in [-0.2, -0.15) is 5.10 Å². The summed E-state index contributed by atoms with van der Waals surface area (Å²) in [5, 5.41) is 18.0. The number of hydrogen-bond acceptors (Lipinski definition) is 5. The zero-order valence-electron chi connectivity index (χ0n) is 12.8. The third-order valence-corrected chi connectivity index (χ3v) is 3.37. The molecule has 2 N–H and O–H groups in total. The Kier molecular flexibility index (Phi) is 5.86. The van der Waals surface area contributed by atoms with Crippen molar-refractivity contribution in [1.82, 2.24) is 5.43 Å². The Hall–Kier alpha value is -2.93. The van der Waals surface area contributed by atoms with E-state index in [0.717, 1.165) is 11.3 Å². The van der Waals surface area contributed by atoms with Crippen molar-refractivity contribution in [3.63, 3.8) is 0 Å². The number of nitrogens with one attached hydrogen (secondary N) is 2. The van der Waals surface area contributed by atoms with Gasteiger partial charge in [-0.05, 0) is 48.4 Å². The van der Waals surface area contributed by atoms with Gasteiger partial charge in [-0.3, -0.25) is 14.9 Å². The van der Waals surface area contributed by atoms with E-state index in [9.17, 15) is 14.9 Å². The molecule has 0 aliphatic heterocycles. The molecule has 2 aromatic rings. The molecule has 0 radical (unpaired) electrons. The van der Waals surface area contributed by atoms with Crippen molar-refractivity contribution in [2.75, 3.05) is 11.9 Å². The van der Waals surface area contributed by atoms with Gasteiger partial charge in [0, 0.05) is 22.8 Å². The van der Waals surface area contributed by atoms with Gasteiger partial charge in [0.25, 0.3) is 11.6 Å². The fourth-order valence-electron chi connectivity index (χ4n) is 1.90. The molecule has 0 unspecified atom stereocenters. The minimum Gasteiger partial charge on any atom is -0.376 e. The second kappa shape index (κ2) is 8.07. The lowest BCUT2D eigenvalue weighted by Gasteiger charge is -2.08. The molecule has 0 spiro atoms. The fourth-order valence-corrected chi connectivity index (χ4v) is 2.13. The highest BCUT2D eigenvalue weighted by molar-refractivity contribution is 6.30. The average Bonchev–Trinajstić information content (AvgIpc) is 2.54. The van der Waals surface area contributed by atoms with Crippen LogP contribution in [0.3, 0.4) is 0 Å². The second-order valence-corrected chi connectivity index (χ2v) is 5.39. The first kappa shape index (κ1) is 17.4. The summed E-state index contributed by atoms with van der Waals surface area (Å²) in [5.74, 6) is -0.317. The monoisotopic (exact) mass is 346 g/mol. The lowest BCUT2D eigenvalue weighted by Crippen LogP contribution is -2.26. The molecule has 2 rings (SSSR count). The molecule has 0 aliphatic carbocycles. The van der Waals surface area contributed by atoms with Crippen LogP contribution in [0, 0.1) is 17.0 Å². The molecule has 7 nitrogen and oxygen atoms in total. The zero-order chi connectivity index (χ0) is 17.5. The summed E-state index contributed by atoms with van der Waals surface area (Å²) in [6, 6.07) is 11.2. The van der Waals surface area contributed by atoms with E-state index < -0.39 is 4.92 Å². The highest BCUT2D eigenvalue weighted by Crippen LogP contribution is 2.19. The topological polar surface area (TPSA) is 96.6 Å². The summed E-state index contributed by atoms with van der Waals surface area (Å²) < 4.78 is 0. The Morgan fingerprint density at radius 1 is 1.29 bits per heavy atom. The van der Waals surface area contributed by atoms with Gasteiger partial charge < -0.3 is 5.32 Å². The van der Waals surface area contributed by atoms with Crippen LogP contribution in [-0.2, 0) is 4.79 Å². The van der Waals surface area contributed by atoms with Gasteiger partial charge in [0.05, 0.1) is 17.7 Å². The van der Waals surface area contributed by atoms with Gasteiger partial charge in [-0.15, -0.1) is 0 Å². The molecule has 0 aromatic heterocycles. The van der Waals surface area contributed by atoms with E-state index in [2.05, 4.69) is 15.8 Å². The summed E-state index contributed by atoms with van der Waals surface area (Å²) in [4.78, 5) is 21.8. The molecule has 24 heavy (non-hydrogen) atoms. The van der Waals surface area contributed by atoms with Crippen LogP contribution in [0.4, 0.5) is 11.4 Å². The predicted octanol–water partition coefficient (Wildman–Crippen LogP) is 3.12. The number of nitro groups is 1. The molecule has 0 atom stereocenters. The van der Waals surface area contributed by atoms with Crippen LogP contribution in [0.25, 0.3) is 0 Å². The van der Waals surface area contributed by atoms with Gasteiger partial charge in [-0.25, -0.2) is 5.43 Å². The first-order valence-corrected chi connectivity index (χ1v) is 7.40. The standard InChI is InChI=1S/C16H15ClN4O3/c1-11-8-13(17)4-7-15(11)18-10-16(22)20-19-9-12-2-5-14(6-3-12)21(23)24/h2-9,18H,10H2,1H3,(H,20,22)/b19-9-. The van der Waals surface area contributed by atoms with Crippen molar-refractivity contribution in [2.45, 2.75) is 6.92 Å². The molecule has 0 bridgehead atoms. The van der Waals surface area contributed by atoms with Crippen LogP contribution >= 0.6 is 11.6 Å². The molecule has 2 aromatic carbocycles. The highest BCUT2D eigenvalue weighted by atomic mass is 35.5. The number of carbonyl (C=O) groups excluding carboxylic acids is 1. The predicted molar refractivity (Wildman–Crippen MR) is 93.5 cm³/mol. The number of carbonyl (C=O) groups is 1. The Labute approximate surface area is 143 Å².